The van der Waals surface area contributed by atoms with Gasteiger partial charge in [-0.2, -0.15) is 0 Å². The van der Waals surface area contributed by atoms with Gasteiger partial charge < -0.3 is 15.2 Å². The van der Waals surface area contributed by atoms with Crippen molar-refractivity contribution in [1.29, 1.82) is 0 Å². The first-order chi connectivity index (χ1) is 9.06. The van der Waals surface area contributed by atoms with Gasteiger partial charge in [0, 0.05) is 6.04 Å². The number of benzene rings is 1. The van der Waals surface area contributed by atoms with Crippen LogP contribution in [-0.4, -0.2) is 23.7 Å². The van der Waals surface area contributed by atoms with Crippen LogP contribution in [-0.2, 0) is 4.79 Å². The zero-order chi connectivity index (χ0) is 13.8. The molecule has 104 valence electrons. The van der Waals surface area contributed by atoms with Crippen molar-refractivity contribution in [3.63, 3.8) is 0 Å². The van der Waals surface area contributed by atoms with Gasteiger partial charge in [0.1, 0.15) is 0 Å². The lowest BCUT2D eigenvalue weighted by molar-refractivity contribution is -0.121. The van der Waals surface area contributed by atoms with Crippen LogP contribution in [0.25, 0.3) is 0 Å². The van der Waals surface area contributed by atoms with Gasteiger partial charge >= 0.3 is 0 Å². The quantitative estimate of drug-likeness (QED) is 0.828. The summed E-state index contributed by atoms with van der Waals surface area (Å²) in [7, 11) is 0. The summed E-state index contributed by atoms with van der Waals surface area (Å²) in [5.41, 5.74) is 0.497. The van der Waals surface area contributed by atoms with Crippen molar-refractivity contribution in [1.82, 2.24) is 5.32 Å². The van der Waals surface area contributed by atoms with Gasteiger partial charge in [0.2, 0.25) is 5.91 Å². The molecule has 1 aromatic rings. The minimum absolute atomic E-state index is 0.0662. The molecule has 0 aromatic heterocycles. The molecule has 0 spiro atoms. The number of aliphatic hydroxyl groups excluding tert-OH is 1. The molecule has 1 atom stereocenters. The third-order valence-electron chi connectivity index (χ3n) is 2.97. The van der Waals surface area contributed by atoms with Crippen LogP contribution in [0.1, 0.15) is 37.9 Å². The maximum Gasteiger partial charge on any atom is 0.223 e. The SMILES string of the molecule is C[C@H](O)c1ccc(OCCC(=O)NC2CC2)c(F)c1. The highest BCUT2D eigenvalue weighted by molar-refractivity contribution is 5.76. The largest absolute Gasteiger partial charge is 0.490 e. The van der Waals surface area contributed by atoms with E-state index in [1.54, 1.807) is 13.0 Å². The van der Waals surface area contributed by atoms with E-state index in [2.05, 4.69) is 5.32 Å². The molecular weight excluding hydrogens is 249 g/mol. The fourth-order valence-electron chi connectivity index (χ4n) is 1.68. The number of hydrogen-bond donors (Lipinski definition) is 2. The summed E-state index contributed by atoms with van der Waals surface area (Å²) >= 11 is 0. The Bertz CT molecular complexity index is 458. The fourth-order valence-corrected chi connectivity index (χ4v) is 1.68. The van der Waals surface area contributed by atoms with Crippen LogP contribution >= 0.6 is 0 Å². The van der Waals surface area contributed by atoms with Gasteiger partial charge in [-0.25, -0.2) is 4.39 Å². The second-order valence-electron chi connectivity index (χ2n) is 4.81. The van der Waals surface area contributed by atoms with Gasteiger partial charge in [-0.1, -0.05) is 6.07 Å². The summed E-state index contributed by atoms with van der Waals surface area (Å²) < 4.78 is 18.8. The first-order valence-corrected chi connectivity index (χ1v) is 6.46. The molecule has 5 heteroatoms. The average molecular weight is 267 g/mol. The van der Waals surface area contributed by atoms with E-state index >= 15 is 0 Å². The van der Waals surface area contributed by atoms with E-state index in [1.807, 2.05) is 0 Å². The molecular formula is C14H18FNO3. The van der Waals surface area contributed by atoms with Crippen molar-refractivity contribution >= 4 is 5.91 Å². The van der Waals surface area contributed by atoms with Crippen LogP contribution < -0.4 is 10.1 Å². The van der Waals surface area contributed by atoms with Crippen molar-refractivity contribution in [2.45, 2.75) is 38.3 Å². The van der Waals surface area contributed by atoms with Crippen LogP contribution in [0.3, 0.4) is 0 Å². The van der Waals surface area contributed by atoms with E-state index in [0.717, 1.165) is 12.8 Å². The smallest absolute Gasteiger partial charge is 0.223 e. The van der Waals surface area contributed by atoms with Crippen molar-refractivity contribution in [3.8, 4) is 5.75 Å². The third kappa shape index (κ3) is 4.21. The summed E-state index contributed by atoms with van der Waals surface area (Å²) in [5.74, 6) is -0.492. The monoisotopic (exact) mass is 267 g/mol. The molecule has 1 saturated carbocycles. The molecule has 0 bridgehead atoms. The second kappa shape index (κ2) is 6.02. The van der Waals surface area contributed by atoms with Crippen LogP contribution in [0.15, 0.2) is 18.2 Å². The Balaban J connectivity index is 1.80. The molecule has 1 amide bonds. The lowest BCUT2D eigenvalue weighted by Gasteiger charge is -2.10. The van der Waals surface area contributed by atoms with E-state index in [1.165, 1.54) is 12.1 Å². The Labute approximate surface area is 111 Å². The first-order valence-electron chi connectivity index (χ1n) is 6.46. The lowest BCUT2D eigenvalue weighted by atomic mass is 10.1. The lowest BCUT2D eigenvalue weighted by Crippen LogP contribution is -2.26. The van der Waals surface area contributed by atoms with Gasteiger partial charge in [0.15, 0.2) is 11.6 Å². The zero-order valence-corrected chi connectivity index (χ0v) is 10.9. The van der Waals surface area contributed by atoms with Crippen LogP contribution in [0, 0.1) is 5.82 Å². The number of rotatable bonds is 6. The van der Waals surface area contributed by atoms with E-state index in [9.17, 15) is 14.3 Å². The molecule has 4 nitrogen and oxygen atoms in total. The molecule has 1 aliphatic carbocycles. The number of hydrogen-bond acceptors (Lipinski definition) is 3. The molecule has 19 heavy (non-hydrogen) atoms. The highest BCUT2D eigenvalue weighted by Gasteiger charge is 2.22. The Morgan fingerprint density at radius 3 is 2.89 bits per heavy atom. The minimum atomic E-state index is -0.715. The van der Waals surface area contributed by atoms with E-state index in [0.29, 0.717) is 11.6 Å². The number of carbonyl (C=O) groups is 1. The molecule has 0 unspecified atom stereocenters. The van der Waals surface area contributed by atoms with Gasteiger partial charge in [0.25, 0.3) is 0 Å². The van der Waals surface area contributed by atoms with Crippen LogP contribution in [0.4, 0.5) is 4.39 Å². The molecule has 2 rings (SSSR count). The number of halogens is 1. The minimum Gasteiger partial charge on any atom is -0.490 e. The maximum atomic E-state index is 13.6. The van der Waals surface area contributed by atoms with Gasteiger partial charge in [-0.3, -0.25) is 4.79 Å². The number of amides is 1. The predicted molar refractivity (Wildman–Crippen MR) is 68.3 cm³/mol. The summed E-state index contributed by atoms with van der Waals surface area (Å²) in [5, 5.41) is 12.2. The number of ether oxygens (including phenoxy) is 1. The van der Waals surface area contributed by atoms with E-state index < -0.39 is 11.9 Å². The molecule has 1 fully saturated rings. The molecule has 0 saturated heterocycles. The molecule has 0 radical (unpaired) electrons. The predicted octanol–water partition coefficient (Wildman–Crippen LogP) is 1.93. The number of aliphatic hydroxyl groups is 1. The normalized spacial score (nSPS) is 15.9. The Morgan fingerprint density at radius 2 is 2.32 bits per heavy atom. The first kappa shape index (κ1) is 13.8. The van der Waals surface area contributed by atoms with Gasteiger partial charge in [0.05, 0.1) is 19.1 Å². The van der Waals surface area contributed by atoms with Crippen molar-refractivity contribution < 1.29 is 19.0 Å². The molecule has 1 aromatic carbocycles. The van der Waals surface area contributed by atoms with Crippen molar-refractivity contribution in [2.75, 3.05) is 6.61 Å². The topological polar surface area (TPSA) is 58.6 Å². The Morgan fingerprint density at radius 1 is 1.58 bits per heavy atom. The van der Waals surface area contributed by atoms with Crippen molar-refractivity contribution in [3.05, 3.63) is 29.6 Å². The highest BCUT2D eigenvalue weighted by atomic mass is 19.1. The fraction of sp³-hybridized carbons (Fsp3) is 0.500. The van der Waals surface area contributed by atoms with Gasteiger partial charge in [-0.05, 0) is 37.5 Å². The summed E-state index contributed by atoms with van der Waals surface area (Å²) in [6.45, 7) is 1.71. The standard InChI is InChI=1S/C14H18FNO3/c1-9(17)10-2-5-13(12(15)8-10)19-7-6-14(18)16-11-3-4-11/h2,5,8-9,11,17H,3-4,6-7H2,1H3,(H,16,18)/t9-/m0/s1. The second-order valence-corrected chi connectivity index (χ2v) is 4.81. The van der Waals surface area contributed by atoms with E-state index in [4.69, 9.17) is 4.74 Å². The van der Waals surface area contributed by atoms with Gasteiger partial charge in [-0.15, -0.1) is 0 Å². The molecule has 1 aliphatic rings. The average Bonchev–Trinajstić information content (AvgIpc) is 3.14. The van der Waals surface area contributed by atoms with E-state index in [-0.39, 0.29) is 24.7 Å². The summed E-state index contributed by atoms with van der Waals surface area (Å²) in [4.78, 5) is 11.4. The summed E-state index contributed by atoms with van der Waals surface area (Å²) in [6, 6.07) is 4.64. The molecule has 0 aliphatic heterocycles. The zero-order valence-electron chi connectivity index (χ0n) is 10.9. The number of carbonyl (C=O) groups excluding carboxylic acids is 1. The van der Waals surface area contributed by atoms with Crippen molar-refractivity contribution in [2.24, 2.45) is 0 Å². The highest BCUT2D eigenvalue weighted by Crippen LogP contribution is 2.22. The third-order valence-corrected chi connectivity index (χ3v) is 2.97. The summed E-state index contributed by atoms with van der Waals surface area (Å²) in [6.07, 6.45) is 1.59. The number of nitrogens with one attached hydrogen (secondary N) is 1. The maximum absolute atomic E-state index is 13.6. The Kier molecular flexibility index (Phi) is 4.37. The molecule has 0 heterocycles. The molecule has 2 N–H and O–H groups in total. The Hall–Kier alpha value is -1.62. The van der Waals surface area contributed by atoms with Crippen LogP contribution in [0.5, 0.6) is 5.75 Å². The van der Waals surface area contributed by atoms with Crippen LogP contribution in [0.2, 0.25) is 0 Å².